The number of benzene rings is 1. The molecule has 1 aliphatic carbocycles. The number of hydrogen-bond donors (Lipinski definition) is 1. The van der Waals surface area contributed by atoms with Crippen LogP contribution >= 0.6 is 0 Å². The third-order valence-corrected chi connectivity index (χ3v) is 3.35. The van der Waals surface area contributed by atoms with Crippen LogP contribution in [0.3, 0.4) is 0 Å². The minimum atomic E-state index is -0.422. The van der Waals surface area contributed by atoms with Gasteiger partial charge in [0.05, 0.1) is 0 Å². The molecule has 1 aromatic heterocycles. The summed E-state index contributed by atoms with van der Waals surface area (Å²) in [5.74, 6) is -0.706. The number of halogens is 1. The fraction of sp³-hybridized carbons (Fsp3) is 0.286. The average Bonchev–Trinajstić information content (AvgIpc) is 3.17. The smallest absolute Gasteiger partial charge is 0.268 e. The molecule has 5 heteroatoms. The fourth-order valence-electron chi connectivity index (χ4n) is 2.09. The van der Waals surface area contributed by atoms with E-state index in [1.165, 1.54) is 22.8 Å². The third kappa shape index (κ3) is 2.12. The van der Waals surface area contributed by atoms with Gasteiger partial charge < -0.3 is 9.88 Å². The molecule has 0 bridgehead atoms. The molecule has 0 unspecified atom stereocenters. The highest BCUT2D eigenvalue weighted by Crippen LogP contribution is 2.20. The summed E-state index contributed by atoms with van der Waals surface area (Å²) in [5.41, 5.74) is -0.0338. The Morgan fingerprint density at radius 1 is 1.37 bits per heavy atom. The summed E-state index contributed by atoms with van der Waals surface area (Å²) < 4.78 is 14.5. The zero-order valence-electron chi connectivity index (χ0n) is 10.4. The van der Waals surface area contributed by atoms with E-state index in [1.807, 2.05) is 0 Å². The topological polar surface area (TPSA) is 51.1 Å². The minimum Gasteiger partial charge on any atom is -0.348 e. The summed E-state index contributed by atoms with van der Waals surface area (Å²) in [6, 6.07) is 5.72. The lowest BCUT2D eigenvalue weighted by molar-refractivity contribution is 0.0942. The molecule has 3 rings (SSSR count). The number of hydrogen-bond acceptors (Lipinski definition) is 2. The van der Waals surface area contributed by atoms with E-state index < -0.39 is 5.82 Å². The summed E-state index contributed by atoms with van der Waals surface area (Å²) in [6.45, 7) is 0. The molecule has 1 N–H and O–H groups in total. The molecule has 0 atom stereocenters. The lowest BCUT2D eigenvalue weighted by atomic mass is 10.1. The molecule has 1 amide bonds. The van der Waals surface area contributed by atoms with Gasteiger partial charge in [0.25, 0.3) is 11.5 Å². The quantitative estimate of drug-likeness (QED) is 0.891. The van der Waals surface area contributed by atoms with Crippen molar-refractivity contribution in [3.05, 3.63) is 46.1 Å². The molecule has 2 aromatic rings. The second-order valence-corrected chi connectivity index (χ2v) is 4.87. The maximum atomic E-state index is 13.2. The molecule has 1 aliphatic rings. The number of carbonyl (C=O) groups is 1. The van der Waals surface area contributed by atoms with Crippen LogP contribution in [0.15, 0.2) is 29.1 Å². The number of rotatable bonds is 2. The van der Waals surface area contributed by atoms with E-state index in [0.29, 0.717) is 10.8 Å². The number of amides is 1. The summed E-state index contributed by atoms with van der Waals surface area (Å²) in [7, 11) is 1.55. The van der Waals surface area contributed by atoms with Crippen LogP contribution in [0.2, 0.25) is 0 Å². The number of nitrogens with zero attached hydrogens (tertiary/aromatic N) is 1. The van der Waals surface area contributed by atoms with Crippen molar-refractivity contribution in [2.45, 2.75) is 18.9 Å². The van der Waals surface area contributed by atoms with E-state index in [4.69, 9.17) is 0 Å². The molecule has 98 valence electrons. The van der Waals surface area contributed by atoms with Crippen LogP contribution < -0.4 is 10.9 Å². The van der Waals surface area contributed by atoms with Gasteiger partial charge in [-0.25, -0.2) is 4.39 Å². The number of aromatic nitrogens is 1. The van der Waals surface area contributed by atoms with Crippen molar-refractivity contribution in [3.8, 4) is 0 Å². The number of carbonyl (C=O) groups excluding carboxylic acids is 1. The summed E-state index contributed by atoms with van der Waals surface area (Å²) in [5, 5.41) is 3.68. The summed E-state index contributed by atoms with van der Waals surface area (Å²) in [4.78, 5) is 24.2. The molecule has 0 radical (unpaired) electrons. The largest absolute Gasteiger partial charge is 0.348 e. The fourth-order valence-corrected chi connectivity index (χ4v) is 2.09. The summed E-state index contributed by atoms with van der Waals surface area (Å²) >= 11 is 0. The van der Waals surface area contributed by atoms with E-state index in [0.717, 1.165) is 12.8 Å². The van der Waals surface area contributed by atoms with Crippen LogP contribution in [-0.4, -0.2) is 16.5 Å². The Morgan fingerprint density at radius 2 is 2.11 bits per heavy atom. The second kappa shape index (κ2) is 4.19. The van der Waals surface area contributed by atoms with Gasteiger partial charge in [-0.1, -0.05) is 0 Å². The Hall–Kier alpha value is -2.17. The Bertz CT molecular complexity index is 732. The summed E-state index contributed by atoms with van der Waals surface area (Å²) in [6.07, 6.45) is 1.95. The van der Waals surface area contributed by atoms with E-state index in [-0.39, 0.29) is 23.2 Å². The molecule has 4 nitrogen and oxygen atoms in total. The van der Waals surface area contributed by atoms with Crippen molar-refractivity contribution in [3.63, 3.8) is 0 Å². The lowest BCUT2D eigenvalue weighted by Gasteiger charge is -2.10. The van der Waals surface area contributed by atoms with Gasteiger partial charge in [0.1, 0.15) is 11.5 Å². The molecule has 19 heavy (non-hydrogen) atoms. The average molecular weight is 260 g/mol. The van der Waals surface area contributed by atoms with Crippen molar-refractivity contribution in [2.24, 2.45) is 7.05 Å². The maximum Gasteiger partial charge on any atom is 0.268 e. The zero-order chi connectivity index (χ0) is 13.6. The lowest BCUT2D eigenvalue weighted by Crippen LogP contribution is -2.32. The van der Waals surface area contributed by atoms with Crippen molar-refractivity contribution >= 4 is 16.7 Å². The number of nitrogens with one attached hydrogen (secondary N) is 1. The standard InChI is InChI=1S/C14H13FN2O2/c1-17-12(13(18)16-10-3-4-10)7-8-6-9(15)2-5-11(8)14(17)19/h2,5-7,10H,3-4H2,1H3,(H,16,18). The first-order valence-electron chi connectivity index (χ1n) is 6.16. The van der Waals surface area contributed by atoms with Crippen LogP contribution in [-0.2, 0) is 7.05 Å². The van der Waals surface area contributed by atoms with Crippen molar-refractivity contribution < 1.29 is 9.18 Å². The van der Waals surface area contributed by atoms with Crippen LogP contribution in [0.25, 0.3) is 10.8 Å². The van der Waals surface area contributed by atoms with Crippen LogP contribution in [0.4, 0.5) is 4.39 Å². The predicted octanol–water partition coefficient (Wildman–Crippen LogP) is 1.57. The van der Waals surface area contributed by atoms with E-state index in [9.17, 15) is 14.0 Å². The third-order valence-electron chi connectivity index (χ3n) is 3.35. The van der Waals surface area contributed by atoms with E-state index >= 15 is 0 Å². The van der Waals surface area contributed by atoms with Crippen molar-refractivity contribution in [1.29, 1.82) is 0 Å². The first-order chi connectivity index (χ1) is 9.06. The highest BCUT2D eigenvalue weighted by atomic mass is 19.1. The van der Waals surface area contributed by atoms with Gasteiger partial charge in [-0.2, -0.15) is 0 Å². The Labute approximate surface area is 108 Å². The van der Waals surface area contributed by atoms with Gasteiger partial charge in [0.2, 0.25) is 0 Å². The highest BCUT2D eigenvalue weighted by molar-refractivity contribution is 5.96. The van der Waals surface area contributed by atoms with Gasteiger partial charge in [-0.15, -0.1) is 0 Å². The zero-order valence-corrected chi connectivity index (χ0v) is 10.4. The monoisotopic (exact) mass is 260 g/mol. The van der Waals surface area contributed by atoms with Gasteiger partial charge in [0.15, 0.2) is 0 Å². The van der Waals surface area contributed by atoms with E-state index in [2.05, 4.69) is 5.32 Å². The first kappa shape index (κ1) is 11.9. The van der Waals surface area contributed by atoms with Gasteiger partial charge in [0, 0.05) is 18.5 Å². The van der Waals surface area contributed by atoms with Crippen LogP contribution in [0, 0.1) is 5.82 Å². The van der Waals surface area contributed by atoms with Gasteiger partial charge in [-0.05, 0) is 42.5 Å². The molecule has 1 fully saturated rings. The molecule has 1 aromatic carbocycles. The minimum absolute atomic E-state index is 0.214. The van der Waals surface area contributed by atoms with E-state index in [1.54, 1.807) is 13.1 Å². The Morgan fingerprint density at radius 3 is 2.79 bits per heavy atom. The van der Waals surface area contributed by atoms with Crippen molar-refractivity contribution in [2.75, 3.05) is 0 Å². The second-order valence-electron chi connectivity index (χ2n) is 4.87. The molecule has 0 spiro atoms. The molecule has 0 saturated heterocycles. The maximum absolute atomic E-state index is 13.2. The van der Waals surface area contributed by atoms with Crippen LogP contribution in [0.5, 0.6) is 0 Å². The molecule has 1 saturated carbocycles. The van der Waals surface area contributed by atoms with Gasteiger partial charge in [-0.3, -0.25) is 9.59 Å². The Kier molecular flexibility index (Phi) is 2.62. The Balaban J connectivity index is 2.15. The highest BCUT2D eigenvalue weighted by Gasteiger charge is 2.25. The normalized spacial score (nSPS) is 14.6. The number of pyridine rings is 1. The SMILES string of the molecule is Cn1c(C(=O)NC2CC2)cc2cc(F)ccc2c1=O. The van der Waals surface area contributed by atoms with Crippen molar-refractivity contribution in [1.82, 2.24) is 9.88 Å². The first-order valence-corrected chi connectivity index (χ1v) is 6.16. The number of fused-ring (bicyclic) bond motifs is 1. The molecular weight excluding hydrogens is 247 g/mol. The van der Waals surface area contributed by atoms with Crippen LogP contribution in [0.1, 0.15) is 23.3 Å². The predicted molar refractivity (Wildman–Crippen MR) is 69.6 cm³/mol. The molecule has 1 heterocycles. The molecular formula is C14H13FN2O2. The molecule has 0 aliphatic heterocycles. The van der Waals surface area contributed by atoms with Gasteiger partial charge >= 0.3 is 0 Å².